The third-order valence-corrected chi connectivity index (χ3v) is 6.67. The molecule has 1 saturated heterocycles. The van der Waals surface area contributed by atoms with Gasteiger partial charge in [0, 0.05) is 50.7 Å². The first-order valence-electron chi connectivity index (χ1n) is 11.1. The van der Waals surface area contributed by atoms with Crippen molar-refractivity contribution in [2.45, 2.75) is 71.9 Å². The number of aliphatic hydroxyl groups excluding tert-OH is 1. The number of amides is 1. The van der Waals surface area contributed by atoms with E-state index in [9.17, 15) is 9.90 Å². The zero-order chi connectivity index (χ0) is 22.3. The fraction of sp³-hybridized carbons (Fsp3) is 0.682. The largest absolute Gasteiger partial charge is 0.392 e. The van der Waals surface area contributed by atoms with Gasteiger partial charge in [-0.3, -0.25) is 9.69 Å². The highest BCUT2D eigenvalue weighted by Crippen LogP contribution is 2.34. The van der Waals surface area contributed by atoms with Gasteiger partial charge in [-0.05, 0) is 40.2 Å². The Hall–Kier alpha value is -2.23. The van der Waals surface area contributed by atoms with Crippen LogP contribution in [0, 0.1) is 13.8 Å². The first-order chi connectivity index (χ1) is 14.8. The molecule has 0 radical (unpaired) electrons. The van der Waals surface area contributed by atoms with Gasteiger partial charge in [0.1, 0.15) is 0 Å². The third-order valence-electron chi connectivity index (χ3n) is 6.67. The Bertz CT molecular complexity index is 949. The topological polar surface area (TPSA) is 88.7 Å². The maximum absolute atomic E-state index is 13.3. The van der Waals surface area contributed by atoms with Crippen molar-refractivity contribution < 1.29 is 14.6 Å². The number of carbonyl (C=O) groups excluding carboxylic acids is 1. The van der Waals surface area contributed by atoms with Crippen LogP contribution in [0.5, 0.6) is 0 Å². The zero-order valence-corrected chi connectivity index (χ0v) is 19.2. The van der Waals surface area contributed by atoms with Crippen LogP contribution in [0.4, 0.5) is 0 Å². The molecule has 0 bridgehead atoms. The number of carbonyl (C=O) groups is 1. The quantitative estimate of drug-likeness (QED) is 0.748. The number of ether oxygens (including phenoxy) is 1. The molecule has 9 heteroatoms. The van der Waals surface area contributed by atoms with Crippen LogP contribution in [-0.4, -0.2) is 79.1 Å². The van der Waals surface area contributed by atoms with Gasteiger partial charge in [0.2, 0.25) is 0 Å². The number of β-amino-alcohol motifs (C(OH)–C–C–N with tert-alkyl or cyclic N) is 1. The van der Waals surface area contributed by atoms with Gasteiger partial charge in [-0.15, -0.1) is 10.2 Å². The first-order valence-corrected chi connectivity index (χ1v) is 11.1. The number of fused-ring (bicyclic) bond motifs is 1. The van der Waals surface area contributed by atoms with Crippen molar-refractivity contribution in [2.75, 3.05) is 26.8 Å². The predicted octanol–water partition coefficient (Wildman–Crippen LogP) is 1.51. The highest BCUT2D eigenvalue weighted by atomic mass is 16.5. The summed E-state index contributed by atoms with van der Waals surface area (Å²) in [5.41, 5.74) is 2.78. The molecule has 1 N–H and O–H groups in total. The Kier molecular flexibility index (Phi) is 6.18. The molecule has 170 valence electrons. The fourth-order valence-electron chi connectivity index (χ4n) is 4.98. The van der Waals surface area contributed by atoms with E-state index in [0.29, 0.717) is 45.2 Å². The molecule has 0 aliphatic carbocycles. The van der Waals surface area contributed by atoms with Crippen LogP contribution in [-0.2, 0) is 24.4 Å². The van der Waals surface area contributed by atoms with Gasteiger partial charge in [-0.25, -0.2) is 0 Å². The number of methoxy groups -OCH3 is 1. The average Bonchev–Trinajstić information content (AvgIpc) is 3.41. The van der Waals surface area contributed by atoms with E-state index < -0.39 is 0 Å². The van der Waals surface area contributed by atoms with Crippen molar-refractivity contribution in [2.24, 2.45) is 0 Å². The van der Waals surface area contributed by atoms with Crippen LogP contribution in [0.3, 0.4) is 0 Å². The third kappa shape index (κ3) is 4.02. The first kappa shape index (κ1) is 22.0. The highest BCUT2D eigenvalue weighted by molar-refractivity contribution is 5.95. The van der Waals surface area contributed by atoms with Gasteiger partial charge >= 0.3 is 0 Å². The van der Waals surface area contributed by atoms with Crippen LogP contribution >= 0.6 is 0 Å². The van der Waals surface area contributed by atoms with Crippen LogP contribution in [0.15, 0.2) is 6.07 Å². The second kappa shape index (κ2) is 8.72. The number of likely N-dealkylation sites (tertiary alicyclic amines) is 1. The Morgan fingerprint density at radius 1 is 1.29 bits per heavy atom. The lowest BCUT2D eigenvalue weighted by molar-refractivity contribution is 0.0703. The van der Waals surface area contributed by atoms with E-state index in [1.54, 1.807) is 7.11 Å². The molecule has 2 aliphatic rings. The Balaban J connectivity index is 1.52. The smallest absolute Gasteiger partial charge is 0.256 e. The summed E-state index contributed by atoms with van der Waals surface area (Å²) in [4.78, 5) is 17.4. The Labute approximate surface area is 183 Å². The Morgan fingerprint density at radius 3 is 2.77 bits per heavy atom. The minimum absolute atomic E-state index is 0.0349. The summed E-state index contributed by atoms with van der Waals surface area (Å²) in [7, 11) is 1.69. The summed E-state index contributed by atoms with van der Waals surface area (Å²) >= 11 is 0. The van der Waals surface area contributed by atoms with Gasteiger partial charge in [0.05, 0.1) is 30.9 Å². The molecule has 4 heterocycles. The second-order valence-corrected chi connectivity index (χ2v) is 8.98. The lowest BCUT2D eigenvalue weighted by Crippen LogP contribution is -2.40. The summed E-state index contributed by atoms with van der Waals surface area (Å²) < 4.78 is 9.48. The minimum Gasteiger partial charge on any atom is -0.392 e. The van der Waals surface area contributed by atoms with E-state index in [0.717, 1.165) is 35.1 Å². The van der Waals surface area contributed by atoms with E-state index in [1.807, 2.05) is 24.8 Å². The predicted molar refractivity (Wildman–Crippen MR) is 116 cm³/mol. The van der Waals surface area contributed by atoms with Gasteiger partial charge in [-0.1, -0.05) is 0 Å². The number of nitrogens with zero attached hydrogens (tertiary/aromatic N) is 6. The van der Waals surface area contributed by atoms with E-state index in [1.165, 1.54) is 0 Å². The summed E-state index contributed by atoms with van der Waals surface area (Å²) in [5.74, 6) is 1.76. The average molecular weight is 431 g/mol. The molecular formula is C22H34N6O3. The van der Waals surface area contributed by atoms with Gasteiger partial charge < -0.3 is 23.9 Å². The highest BCUT2D eigenvalue weighted by Gasteiger charge is 2.38. The van der Waals surface area contributed by atoms with Crippen LogP contribution < -0.4 is 0 Å². The van der Waals surface area contributed by atoms with Gasteiger partial charge in [0.15, 0.2) is 11.6 Å². The standard InChI is InChI=1S/C22H34N6O3/c1-14(2)28-12-17(29)11-19(28)21-24-23-20-13-25(6-7-27(20)21)22(30)18-10-15(3)26(16(18)4)8-9-31-5/h10,14,17,19,29H,6-9,11-13H2,1-5H3/t17-,19-/m0/s1. The molecule has 4 rings (SSSR count). The lowest BCUT2D eigenvalue weighted by Gasteiger charge is -2.31. The Morgan fingerprint density at radius 2 is 2.06 bits per heavy atom. The monoisotopic (exact) mass is 430 g/mol. The molecule has 0 saturated carbocycles. The number of rotatable bonds is 6. The van der Waals surface area contributed by atoms with Crippen LogP contribution in [0.25, 0.3) is 0 Å². The molecule has 1 amide bonds. The minimum atomic E-state index is -0.338. The number of hydrogen-bond acceptors (Lipinski definition) is 6. The van der Waals surface area contributed by atoms with Crippen molar-refractivity contribution in [3.63, 3.8) is 0 Å². The zero-order valence-electron chi connectivity index (χ0n) is 19.2. The SMILES string of the molecule is COCCn1c(C)cc(C(=O)N2CCn3c(nnc3[C@@H]3C[C@H](O)CN3C(C)C)C2)c1C. The van der Waals surface area contributed by atoms with Crippen molar-refractivity contribution in [1.29, 1.82) is 0 Å². The number of aliphatic hydroxyl groups is 1. The number of hydrogen-bond donors (Lipinski definition) is 1. The van der Waals surface area contributed by atoms with Gasteiger partial charge in [0.25, 0.3) is 5.91 Å². The molecule has 2 aliphatic heterocycles. The summed E-state index contributed by atoms with van der Waals surface area (Å²) in [5, 5.41) is 19.1. The van der Waals surface area contributed by atoms with Crippen molar-refractivity contribution in [1.82, 2.24) is 29.1 Å². The van der Waals surface area contributed by atoms with Crippen molar-refractivity contribution in [3.8, 4) is 0 Å². The van der Waals surface area contributed by atoms with E-state index in [2.05, 4.69) is 38.1 Å². The summed E-state index contributed by atoms with van der Waals surface area (Å²) in [6.45, 7) is 12.0. The van der Waals surface area contributed by atoms with Gasteiger partial charge in [-0.2, -0.15) is 0 Å². The molecule has 2 aromatic heterocycles. The maximum atomic E-state index is 13.3. The number of aryl methyl sites for hydroxylation is 1. The molecule has 9 nitrogen and oxygen atoms in total. The molecule has 2 atom stereocenters. The summed E-state index contributed by atoms with van der Waals surface area (Å²) in [6.07, 6.45) is 0.335. The molecule has 2 aromatic rings. The number of aromatic nitrogens is 4. The molecule has 0 unspecified atom stereocenters. The van der Waals surface area contributed by atoms with Crippen LogP contribution in [0.2, 0.25) is 0 Å². The molecule has 0 aromatic carbocycles. The van der Waals surface area contributed by atoms with Crippen molar-refractivity contribution in [3.05, 3.63) is 34.7 Å². The molecule has 31 heavy (non-hydrogen) atoms. The van der Waals surface area contributed by atoms with E-state index in [4.69, 9.17) is 4.74 Å². The van der Waals surface area contributed by atoms with Crippen molar-refractivity contribution >= 4 is 5.91 Å². The van der Waals surface area contributed by atoms with Crippen LogP contribution in [0.1, 0.15) is 59.7 Å². The second-order valence-electron chi connectivity index (χ2n) is 8.98. The lowest BCUT2D eigenvalue weighted by atomic mass is 10.1. The van der Waals surface area contributed by atoms with E-state index >= 15 is 0 Å². The normalized spacial score (nSPS) is 21.8. The molecule has 1 fully saturated rings. The molecular weight excluding hydrogens is 396 g/mol. The summed E-state index contributed by atoms with van der Waals surface area (Å²) in [6, 6.07) is 2.36. The fourth-order valence-corrected chi connectivity index (χ4v) is 4.98. The van der Waals surface area contributed by atoms with E-state index in [-0.39, 0.29) is 18.1 Å². The molecule has 0 spiro atoms. The maximum Gasteiger partial charge on any atom is 0.256 e.